The monoisotopic (exact) mass is 263 g/mol. The molecule has 4 nitrogen and oxygen atoms in total. The molecule has 0 aliphatic heterocycles. The van der Waals surface area contributed by atoms with Gasteiger partial charge in [-0.25, -0.2) is 0 Å². The van der Waals surface area contributed by atoms with E-state index in [0.29, 0.717) is 6.04 Å². The van der Waals surface area contributed by atoms with Crippen molar-refractivity contribution < 1.29 is 5.21 Å². The first kappa shape index (κ1) is 15.5. The number of rotatable bonds is 6. The van der Waals surface area contributed by atoms with E-state index < -0.39 is 0 Å². The number of aryl methyl sites for hydroxylation is 1. The Morgan fingerprint density at radius 1 is 1.47 bits per heavy atom. The fourth-order valence-corrected chi connectivity index (χ4v) is 2.15. The summed E-state index contributed by atoms with van der Waals surface area (Å²) in [7, 11) is 2.15. The highest BCUT2D eigenvalue weighted by molar-refractivity contribution is 5.97. The van der Waals surface area contributed by atoms with Gasteiger partial charge in [-0.15, -0.1) is 0 Å². The highest BCUT2D eigenvalue weighted by atomic mass is 16.4. The van der Waals surface area contributed by atoms with Gasteiger partial charge in [0.1, 0.15) is 0 Å². The van der Waals surface area contributed by atoms with Crippen molar-refractivity contribution in [2.75, 3.05) is 7.05 Å². The second-order valence-electron chi connectivity index (χ2n) is 5.18. The van der Waals surface area contributed by atoms with Crippen molar-refractivity contribution in [3.05, 3.63) is 34.9 Å². The van der Waals surface area contributed by atoms with E-state index in [2.05, 4.69) is 43.9 Å². The highest BCUT2D eigenvalue weighted by Crippen LogP contribution is 2.15. The van der Waals surface area contributed by atoms with E-state index in [1.54, 1.807) is 0 Å². The number of hydrogen-bond donors (Lipinski definition) is 2. The molecule has 1 atom stereocenters. The lowest BCUT2D eigenvalue weighted by Crippen LogP contribution is -2.28. The molecule has 0 heterocycles. The van der Waals surface area contributed by atoms with Gasteiger partial charge in [0.05, 0.1) is 0 Å². The van der Waals surface area contributed by atoms with Crippen molar-refractivity contribution in [1.82, 2.24) is 4.90 Å². The molecule has 1 unspecified atom stereocenters. The summed E-state index contributed by atoms with van der Waals surface area (Å²) < 4.78 is 0. The molecule has 3 N–H and O–H groups in total. The number of hydrogen-bond acceptors (Lipinski definition) is 3. The van der Waals surface area contributed by atoms with Gasteiger partial charge in [-0.2, -0.15) is 0 Å². The van der Waals surface area contributed by atoms with Gasteiger partial charge in [0.25, 0.3) is 0 Å². The normalized spacial score (nSPS) is 13.8. The predicted octanol–water partition coefficient (Wildman–Crippen LogP) is 2.71. The SMILES string of the molecule is CCCC(C)N(C)Cc1ccc(/C(N)=N/O)cc1C. The number of nitrogens with zero attached hydrogens (tertiary/aromatic N) is 2. The minimum atomic E-state index is 0.155. The molecule has 0 saturated heterocycles. The van der Waals surface area contributed by atoms with Gasteiger partial charge in [0.15, 0.2) is 5.84 Å². The first-order valence-corrected chi connectivity index (χ1v) is 6.77. The summed E-state index contributed by atoms with van der Waals surface area (Å²) in [5.74, 6) is 0.155. The molecule has 0 radical (unpaired) electrons. The Bertz CT molecular complexity index is 443. The Hall–Kier alpha value is -1.55. The number of oxime groups is 1. The summed E-state index contributed by atoms with van der Waals surface area (Å²) in [6, 6.07) is 6.49. The third-order valence-electron chi connectivity index (χ3n) is 3.62. The highest BCUT2D eigenvalue weighted by Gasteiger charge is 2.10. The molecule has 0 aliphatic carbocycles. The maximum atomic E-state index is 8.68. The van der Waals surface area contributed by atoms with Gasteiger partial charge in [0.2, 0.25) is 0 Å². The van der Waals surface area contributed by atoms with Crippen molar-refractivity contribution in [3.8, 4) is 0 Å². The lowest BCUT2D eigenvalue weighted by molar-refractivity contribution is 0.236. The van der Waals surface area contributed by atoms with Gasteiger partial charge >= 0.3 is 0 Å². The quantitative estimate of drug-likeness (QED) is 0.359. The van der Waals surface area contributed by atoms with Crippen LogP contribution in [-0.4, -0.2) is 29.0 Å². The average Bonchev–Trinajstić information content (AvgIpc) is 2.40. The minimum Gasteiger partial charge on any atom is -0.409 e. The van der Waals surface area contributed by atoms with E-state index in [4.69, 9.17) is 10.9 Å². The van der Waals surface area contributed by atoms with Crippen LogP contribution in [0.4, 0.5) is 0 Å². The Kier molecular flexibility index (Phi) is 5.83. The van der Waals surface area contributed by atoms with Gasteiger partial charge < -0.3 is 10.9 Å². The van der Waals surface area contributed by atoms with Gasteiger partial charge in [-0.05, 0) is 44.5 Å². The zero-order chi connectivity index (χ0) is 14.4. The Morgan fingerprint density at radius 2 is 2.16 bits per heavy atom. The van der Waals surface area contributed by atoms with Crippen LogP contribution in [0.5, 0.6) is 0 Å². The molecular formula is C15H25N3O. The van der Waals surface area contributed by atoms with Crippen LogP contribution in [0, 0.1) is 6.92 Å². The number of amidine groups is 1. The first-order valence-electron chi connectivity index (χ1n) is 6.77. The third kappa shape index (κ3) is 4.24. The van der Waals surface area contributed by atoms with Crippen LogP contribution in [0.2, 0.25) is 0 Å². The zero-order valence-corrected chi connectivity index (χ0v) is 12.3. The molecular weight excluding hydrogens is 238 g/mol. The predicted molar refractivity (Wildman–Crippen MR) is 79.5 cm³/mol. The fourth-order valence-electron chi connectivity index (χ4n) is 2.15. The van der Waals surface area contributed by atoms with Gasteiger partial charge in [-0.1, -0.05) is 30.6 Å². The summed E-state index contributed by atoms with van der Waals surface area (Å²) in [5.41, 5.74) is 8.79. The van der Waals surface area contributed by atoms with Gasteiger partial charge in [0, 0.05) is 18.2 Å². The topological polar surface area (TPSA) is 61.8 Å². The number of benzene rings is 1. The van der Waals surface area contributed by atoms with Crippen LogP contribution in [0.3, 0.4) is 0 Å². The van der Waals surface area contributed by atoms with E-state index >= 15 is 0 Å². The lowest BCUT2D eigenvalue weighted by atomic mass is 10.0. The molecule has 19 heavy (non-hydrogen) atoms. The van der Waals surface area contributed by atoms with E-state index in [1.165, 1.54) is 24.0 Å². The molecule has 1 aromatic rings. The second kappa shape index (κ2) is 7.14. The third-order valence-corrected chi connectivity index (χ3v) is 3.62. The summed E-state index contributed by atoms with van der Waals surface area (Å²) in [6.07, 6.45) is 2.41. The van der Waals surface area contributed by atoms with Crippen LogP contribution < -0.4 is 5.73 Å². The summed E-state index contributed by atoms with van der Waals surface area (Å²) in [5, 5.41) is 11.7. The standard InChI is InChI=1S/C15H25N3O/c1-5-6-12(3)18(4)10-14-8-7-13(9-11(14)2)15(16)17-19/h7-9,12,19H,5-6,10H2,1-4H3,(H2,16,17). The largest absolute Gasteiger partial charge is 0.409 e. The van der Waals surface area contributed by atoms with E-state index in [1.807, 2.05) is 12.1 Å². The maximum absolute atomic E-state index is 8.68. The molecule has 0 saturated carbocycles. The molecule has 0 aliphatic rings. The molecule has 0 amide bonds. The average molecular weight is 263 g/mol. The molecule has 0 aromatic heterocycles. The molecule has 1 rings (SSSR count). The Labute approximate surface area is 115 Å². The van der Waals surface area contributed by atoms with E-state index in [9.17, 15) is 0 Å². The van der Waals surface area contributed by atoms with Crippen LogP contribution in [0.15, 0.2) is 23.4 Å². The van der Waals surface area contributed by atoms with Crippen molar-refractivity contribution in [3.63, 3.8) is 0 Å². The van der Waals surface area contributed by atoms with Crippen LogP contribution in [0.25, 0.3) is 0 Å². The summed E-state index contributed by atoms with van der Waals surface area (Å²) in [4.78, 5) is 2.36. The fraction of sp³-hybridized carbons (Fsp3) is 0.533. The van der Waals surface area contributed by atoms with Crippen molar-refractivity contribution >= 4 is 5.84 Å². The molecule has 0 fully saturated rings. The van der Waals surface area contributed by atoms with Crippen LogP contribution in [0.1, 0.15) is 43.4 Å². The van der Waals surface area contributed by atoms with Crippen LogP contribution in [-0.2, 0) is 6.54 Å². The van der Waals surface area contributed by atoms with Crippen molar-refractivity contribution in [1.29, 1.82) is 0 Å². The number of nitrogens with two attached hydrogens (primary N) is 1. The van der Waals surface area contributed by atoms with Gasteiger partial charge in [-0.3, -0.25) is 4.90 Å². The molecule has 106 valence electrons. The maximum Gasteiger partial charge on any atom is 0.170 e. The zero-order valence-electron chi connectivity index (χ0n) is 12.3. The molecule has 0 spiro atoms. The van der Waals surface area contributed by atoms with Crippen LogP contribution >= 0.6 is 0 Å². The van der Waals surface area contributed by atoms with E-state index in [-0.39, 0.29) is 5.84 Å². The second-order valence-corrected chi connectivity index (χ2v) is 5.18. The molecule has 0 bridgehead atoms. The Morgan fingerprint density at radius 3 is 2.68 bits per heavy atom. The van der Waals surface area contributed by atoms with Crippen molar-refractivity contribution in [2.45, 2.75) is 46.2 Å². The van der Waals surface area contributed by atoms with E-state index in [0.717, 1.165) is 12.1 Å². The lowest BCUT2D eigenvalue weighted by Gasteiger charge is -2.25. The Balaban J connectivity index is 2.80. The first-order chi connectivity index (χ1) is 8.99. The summed E-state index contributed by atoms with van der Waals surface area (Å²) >= 11 is 0. The minimum absolute atomic E-state index is 0.155. The molecule has 4 heteroatoms. The summed E-state index contributed by atoms with van der Waals surface area (Å²) in [6.45, 7) is 7.44. The molecule has 1 aromatic carbocycles. The van der Waals surface area contributed by atoms with Crippen molar-refractivity contribution in [2.24, 2.45) is 10.9 Å². The smallest absolute Gasteiger partial charge is 0.170 e.